The fourth-order valence-corrected chi connectivity index (χ4v) is 1.67. The SMILES string of the molecule is Cn1cc(C(N)C(=O)NCCC2CC2)cn1. The van der Waals surface area contributed by atoms with E-state index in [-0.39, 0.29) is 5.91 Å². The van der Waals surface area contributed by atoms with Crippen molar-refractivity contribution in [3.8, 4) is 0 Å². The molecule has 1 amide bonds. The highest BCUT2D eigenvalue weighted by Crippen LogP contribution is 2.31. The maximum atomic E-state index is 11.7. The summed E-state index contributed by atoms with van der Waals surface area (Å²) >= 11 is 0. The Labute approximate surface area is 95.0 Å². The molecular formula is C11H18N4O. The summed E-state index contributed by atoms with van der Waals surface area (Å²) < 4.78 is 1.65. The first-order valence-corrected chi connectivity index (χ1v) is 5.68. The Morgan fingerprint density at radius 3 is 3.06 bits per heavy atom. The summed E-state index contributed by atoms with van der Waals surface area (Å²) in [6.07, 6.45) is 7.09. The van der Waals surface area contributed by atoms with Crippen LogP contribution < -0.4 is 11.1 Å². The first-order valence-electron chi connectivity index (χ1n) is 5.68. The van der Waals surface area contributed by atoms with Gasteiger partial charge in [-0.2, -0.15) is 5.10 Å². The number of nitrogens with one attached hydrogen (secondary N) is 1. The molecule has 1 aromatic rings. The number of amides is 1. The van der Waals surface area contributed by atoms with Gasteiger partial charge in [-0.15, -0.1) is 0 Å². The van der Waals surface area contributed by atoms with Gasteiger partial charge in [0.15, 0.2) is 0 Å². The van der Waals surface area contributed by atoms with E-state index >= 15 is 0 Å². The van der Waals surface area contributed by atoms with E-state index in [0.717, 1.165) is 24.4 Å². The van der Waals surface area contributed by atoms with Gasteiger partial charge in [-0.3, -0.25) is 9.48 Å². The molecule has 1 fully saturated rings. The van der Waals surface area contributed by atoms with E-state index in [2.05, 4.69) is 10.4 Å². The number of aromatic nitrogens is 2. The maximum Gasteiger partial charge on any atom is 0.241 e. The van der Waals surface area contributed by atoms with Crippen molar-refractivity contribution in [2.24, 2.45) is 18.7 Å². The molecule has 5 heteroatoms. The Hall–Kier alpha value is -1.36. The van der Waals surface area contributed by atoms with Gasteiger partial charge in [-0.25, -0.2) is 0 Å². The van der Waals surface area contributed by atoms with Crippen molar-refractivity contribution in [1.82, 2.24) is 15.1 Å². The number of rotatable bonds is 5. The molecule has 1 atom stereocenters. The molecule has 1 unspecified atom stereocenters. The second-order valence-corrected chi connectivity index (χ2v) is 4.45. The van der Waals surface area contributed by atoms with Crippen LogP contribution in [-0.2, 0) is 11.8 Å². The van der Waals surface area contributed by atoms with Crippen LogP contribution in [-0.4, -0.2) is 22.2 Å². The van der Waals surface area contributed by atoms with Crippen molar-refractivity contribution in [3.63, 3.8) is 0 Å². The molecular weight excluding hydrogens is 204 g/mol. The lowest BCUT2D eigenvalue weighted by atomic mass is 10.1. The molecule has 1 saturated carbocycles. The summed E-state index contributed by atoms with van der Waals surface area (Å²) in [5, 5.41) is 6.86. The Kier molecular flexibility index (Phi) is 3.24. The average molecular weight is 222 g/mol. The fourth-order valence-electron chi connectivity index (χ4n) is 1.67. The van der Waals surface area contributed by atoms with Crippen molar-refractivity contribution in [3.05, 3.63) is 18.0 Å². The van der Waals surface area contributed by atoms with Gasteiger partial charge in [0.25, 0.3) is 0 Å². The third-order valence-corrected chi connectivity index (χ3v) is 2.92. The predicted octanol–water partition coefficient (Wildman–Crippen LogP) is 0.336. The monoisotopic (exact) mass is 222 g/mol. The van der Waals surface area contributed by atoms with Crippen molar-refractivity contribution < 1.29 is 4.79 Å². The summed E-state index contributed by atoms with van der Waals surface area (Å²) in [5.41, 5.74) is 6.57. The zero-order chi connectivity index (χ0) is 11.5. The molecule has 1 aliphatic rings. The van der Waals surface area contributed by atoms with E-state index < -0.39 is 6.04 Å². The minimum Gasteiger partial charge on any atom is -0.354 e. The van der Waals surface area contributed by atoms with Crippen LogP contribution in [0.5, 0.6) is 0 Å². The number of nitrogens with zero attached hydrogens (tertiary/aromatic N) is 2. The fraction of sp³-hybridized carbons (Fsp3) is 0.636. The number of carbonyl (C=O) groups excluding carboxylic acids is 1. The van der Waals surface area contributed by atoms with Gasteiger partial charge in [-0.05, 0) is 12.3 Å². The largest absolute Gasteiger partial charge is 0.354 e. The summed E-state index contributed by atoms with van der Waals surface area (Å²) in [5.74, 6) is 0.712. The van der Waals surface area contributed by atoms with Gasteiger partial charge in [0, 0.05) is 25.4 Å². The van der Waals surface area contributed by atoms with Gasteiger partial charge in [0.1, 0.15) is 6.04 Å². The normalized spacial score (nSPS) is 17.1. The van der Waals surface area contributed by atoms with Crippen molar-refractivity contribution >= 4 is 5.91 Å². The van der Waals surface area contributed by atoms with E-state index in [9.17, 15) is 4.79 Å². The molecule has 1 aliphatic carbocycles. The van der Waals surface area contributed by atoms with Crippen molar-refractivity contribution in [2.45, 2.75) is 25.3 Å². The maximum absolute atomic E-state index is 11.7. The molecule has 2 rings (SSSR count). The van der Waals surface area contributed by atoms with Crippen LogP contribution >= 0.6 is 0 Å². The van der Waals surface area contributed by atoms with Crippen LogP contribution in [0.2, 0.25) is 0 Å². The number of hydrogen-bond acceptors (Lipinski definition) is 3. The molecule has 1 aromatic heterocycles. The molecule has 0 bridgehead atoms. The van der Waals surface area contributed by atoms with Crippen LogP contribution in [0.25, 0.3) is 0 Å². The zero-order valence-corrected chi connectivity index (χ0v) is 9.52. The van der Waals surface area contributed by atoms with E-state index in [1.54, 1.807) is 24.1 Å². The Morgan fingerprint density at radius 1 is 1.75 bits per heavy atom. The number of nitrogens with two attached hydrogens (primary N) is 1. The molecule has 1 heterocycles. The summed E-state index contributed by atoms with van der Waals surface area (Å²) in [7, 11) is 1.81. The lowest BCUT2D eigenvalue weighted by Crippen LogP contribution is -2.34. The summed E-state index contributed by atoms with van der Waals surface area (Å²) in [6.45, 7) is 0.734. The van der Waals surface area contributed by atoms with E-state index in [4.69, 9.17) is 5.73 Å². The average Bonchev–Trinajstić information content (AvgIpc) is 2.98. The van der Waals surface area contributed by atoms with Gasteiger partial charge < -0.3 is 11.1 Å². The number of carbonyl (C=O) groups is 1. The van der Waals surface area contributed by atoms with Gasteiger partial charge >= 0.3 is 0 Å². The van der Waals surface area contributed by atoms with Crippen LogP contribution in [0, 0.1) is 5.92 Å². The lowest BCUT2D eigenvalue weighted by molar-refractivity contribution is -0.122. The standard InChI is InChI=1S/C11H18N4O/c1-15-7-9(6-14-15)10(12)11(16)13-5-4-8-2-3-8/h6-8,10H,2-5,12H2,1H3,(H,13,16). The first-order chi connectivity index (χ1) is 7.66. The second-order valence-electron chi connectivity index (χ2n) is 4.45. The van der Waals surface area contributed by atoms with Crippen LogP contribution in [0.1, 0.15) is 30.9 Å². The topological polar surface area (TPSA) is 72.9 Å². The number of aryl methyl sites for hydroxylation is 1. The van der Waals surface area contributed by atoms with Gasteiger partial charge in [0.05, 0.1) is 6.20 Å². The van der Waals surface area contributed by atoms with E-state index in [0.29, 0.717) is 0 Å². The highest BCUT2D eigenvalue weighted by atomic mass is 16.2. The highest BCUT2D eigenvalue weighted by molar-refractivity contribution is 5.82. The molecule has 88 valence electrons. The zero-order valence-electron chi connectivity index (χ0n) is 9.52. The molecule has 0 saturated heterocycles. The third-order valence-electron chi connectivity index (χ3n) is 2.92. The van der Waals surface area contributed by atoms with Crippen molar-refractivity contribution in [1.29, 1.82) is 0 Å². The third kappa shape index (κ3) is 2.82. The summed E-state index contributed by atoms with van der Waals surface area (Å²) in [4.78, 5) is 11.7. The van der Waals surface area contributed by atoms with Gasteiger partial charge in [0.2, 0.25) is 5.91 Å². The van der Waals surface area contributed by atoms with E-state index in [1.807, 2.05) is 0 Å². The van der Waals surface area contributed by atoms with Crippen LogP contribution in [0.3, 0.4) is 0 Å². The van der Waals surface area contributed by atoms with E-state index in [1.165, 1.54) is 12.8 Å². The molecule has 0 aromatic carbocycles. The van der Waals surface area contributed by atoms with Crippen LogP contribution in [0.15, 0.2) is 12.4 Å². The predicted molar refractivity (Wildman–Crippen MR) is 60.5 cm³/mol. The highest BCUT2D eigenvalue weighted by Gasteiger charge is 2.22. The molecule has 5 nitrogen and oxygen atoms in total. The smallest absolute Gasteiger partial charge is 0.241 e. The number of hydrogen-bond donors (Lipinski definition) is 2. The quantitative estimate of drug-likeness (QED) is 0.754. The molecule has 0 spiro atoms. The molecule has 0 radical (unpaired) electrons. The molecule has 16 heavy (non-hydrogen) atoms. The minimum absolute atomic E-state index is 0.117. The molecule has 0 aliphatic heterocycles. The van der Waals surface area contributed by atoms with Gasteiger partial charge in [-0.1, -0.05) is 12.8 Å². The molecule has 3 N–H and O–H groups in total. The first kappa shape index (κ1) is 11.1. The van der Waals surface area contributed by atoms with Crippen LogP contribution in [0.4, 0.5) is 0 Å². The summed E-state index contributed by atoms with van der Waals surface area (Å²) in [6, 6.07) is -0.604. The van der Waals surface area contributed by atoms with Crippen molar-refractivity contribution in [2.75, 3.05) is 6.54 Å². The lowest BCUT2D eigenvalue weighted by Gasteiger charge is -2.10. The Balaban J connectivity index is 1.78. The Bertz CT molecular complexity index is 370. The Morgan fingerprint density at radius 2 is 2.50 bits per heavy atom. The second kappa shape index (κ2) is 4.65. The minimum atomic E-state index is -0.604.